The highest BCUT2D eigenvalue weighted by molar-refractivity contribution is 5.93. The summed E-state index contributed by atoms with van der Waals surface area (Å²) in [6, 6.07) is -3.12. The Morgan fingerprint density at radius 3 is 2.08 bits per heavy atom. The first kappa shape index (κ1) is 23.2. The molecule has 11 heteroatoms. The number of carbonyl (C=O) groups is 4. The van der Waals surface area contributed by atoms with E-state index in [0.29, 0.717) is 13.0 Å². The number of nitrogens with one attached hydrogen (secondary N) is 4. The van der Waals surface area contributed by atoms with Gasteiger partial charge in [-0.3, -0.25) is 19.2 Å². The molecule has 0 rings (SSSR count). The van der Waals surface area contributed by atoms with Crippen LogP contribution in [0.5, 0.6) is 0 Å². The molecule has 0 radical (unpaired) electrons. The Bertz CT molecular complexity index is 539. The molecule has 148 valence electrons. The van der Waals surface area contributed by atoms with Crippen molar-refractivity contribution in [3.63, 3.8) is 0 Å². The zero-order valence-corrected chi connectivity index (χ0v) is 15.0. The molecule has 0 aromatic rings. The van der Waals surface area contributed by atoms with Crippen molar-refractivity contribution >= 4 is 23.6 Å². The molecule has 4 amide bonds. The van der Waals surface area contributed by atoms with Gasteiger partial charge in [-0.2, -0.15) is 0 Å². The van der Waals surface area contributed by atoms with Gasteiger partial charge >= 0.3 is 0 Å². The summed E-state index contributed by atoms with van der Waals surface area (Å²) in [7, 11) is 0. The SMILES string of the molecule is C=C(N)NCCC[C@H](NC(=O)[C@H](CO)NC(C)=O)C(=O)N[C@@H](C)C(N)=O. The minimum atomic E-state index is -1.20. The van der Waals surface area contributed by atoms with Crippen molar-refractivity contribution in [3.8, 4) is 0 Å². The highest BCUT2D eigenvalue weighted by atomic mass is 16.3. The van der Waals surface area contributed by atoms with Gasteiger partial charge in [0, 0.05) is 13.5 Å². The van der Waals surface area contributed by atoms with Gasteiger partial charge in [-0.25, -0.2) is 0 Å². The second kappa shape index (κ2) is 11.7. The van der Waals surface area contributed by atoms with Crippen LogP contribution in [-0.2, 0) is 19.2 Å². The standard InChI is InChI=1S/C15H28N6O5/c1-8(13(17)24)19-14(25)11(5-4-6-18-9(2)16)21-15(26)12(7-22)20-10(3)23/h8,11-12,18,22H,2,4-7,16H2,1,3H3,(H2,17,24)(H,19,25)(H,20,23)(H,21,26)/t8-,11-,12-/m0/s1. The van der Waals surface area contributed by atoms with Crippen molar-refractivity contribution in [1.82, 2.24) is 21.3 Å². The summed E-state index contributed by atoms with van der Waals surface area (Å²) in [6.07, 6.45) is 0.658. The van der Waals surface area contributed by atoms with Gasteiger partial charge in [0.2, 0.25) is 23.6 Å². The average Bonchev–Trinajstić information content (AvgIpc) is 2.54. The molecule has 0 aliphatic rings. The smallest absolute Gasteiger partial charge is 0.245 e. The number of primary amides is 1. The normalized spacial score (nSPS) is 13.7. The lowest BCUT2D eigenvalue weighted by Crippen LogP contribution is -2.56. The predicted octanol–water partition coefficient (Wildman–Crippen LogP) is -3.24. The van der Waals surface area contributed by atoms with E-state index in [1.807, 2.05) is 0 Å². The van der Waals surface area contributed by atoms with E-state index in [9.17, 15) is 24.3 Å². The minimum absolute atomic E-state index is 0.210. The third-order valence-corrected chi connectivity index (χ3v) is 3.32. The van der Waals surface area contributed by atoms with Gasteiger partial charge in [0.25, 0.3) is 0 Å². The fourth-order valence-electron chi connectivity index (χ4n) is 1.92. The molecule has 0 unspecified atom stereocenters. The van der Waals surface area contributed by atoms with Crippen molar-refractivity contribution < 1.29 is 24.3 Å². The molecule has 0 aliphatic heterocycles. The van der Waals surface area contributed by atoms with Crippen LogP contribution in [0, 0.1) is 0 Å². The van der Waals surface area contributed by atoms with Crippen LogP contribution in [0.1, 0.15) is 26.7 Å². The van der Waals surface area contributed by atoms with Gasteiger partial charge < -0.3 is 37.8 Å². The highest BCUT2D eigenvalue weighted by Crippen LogP contribution is 2.00. The Morgan fingerprint density at radius 1 is 1.04 bits per heavy atom. The van der Waals surface area contributed by atoms with Crippen molar-refractivity contribution in [1.29, 1.82) is 0 Å². The summed E-state index contributed by atoms with van der Waals surface area (Å²) in [5, 5.41) is 19.1. The fourth-order valence-corrected chi connectivity index (χ4v) is 1.92. The molecular weight excluding hydrogens is 344 g/mol. The number of hydrogen-bond donors (Lipinski definition) is 7. The summed E-state index contributed by atoms with van der Waals surface area (Å²) in [5.41, 5.74) is 10.5. The summed E-state index contributed by atoms with van der Waals surface area (Å²) < 4.78 is 0. The number of rotatable bonds is 12. The van der Waals surface area contributed by atoms with E-state index >= 15 is 0 Å². The zero-order valence-electron chi connectivity index (χ0n) is 15.0. The third kappa shape index (κ3) is 9.47. The van der Waals surface area contributed by atoms with Gasteiger partial charge in [0.05, 0.1) is 12.4 Å². The van der Waals surface area contributed by atoms with Crippen LogP contribution >= 0.6 is 0 Å². The van der Waals surface area contributed by atoms with E-state index in [1.165, 1.54) is 13.8 Å². The monoisotopic (exact) mass is 372 g/mol. The summed E-state index contributed by atoms with van der Waals surface area (Å²) in [4.78, 5) is 46.7. The molecule has 0 fully saturated rings. The molecule has 0 spiro atoms. The van der Waals surface area contributed by atoms with Crippen molar-refractivity contribution in [2.24, 2.45) is 11.5 Å². The zero-order chi connectivity index (χ0) is 20.3. The lowest BCUT2D eigenvalue weighted by atomic mass is 10.1. The largest absolute Gasteiger partial charge is 0.394 e. The lowest BCUT2D eigenvalue weighted by Gasteiger charge is -2.23. The molecule has 11 nitrogen and oxygen atoms in total. The Balaban J connectivity index is 4.96. The minimum Gasteiger partial charge on any atom is -0.394 e. The van der Waals surface area contributed by atoms with Crippen LogP contribution < -0.4 is 32.7 Å². The molecule has 26 heavy (non-hydrogen) atoms. The van der Waals surface area contributed by atoms with Crippen LogP contribution in [0.2, 0.25) is 0 Å². The molecule has 0 heterocycles. The number of nitrogens with two attached hydrogens (primary N) is 2. The molecule has 3 atom stereocenters. The number of carbonyl (C=O) groups excluding carboxylic acids is 4. The number of aliphatic hydroxyl groups is 1. The van der Waals surface area contributed by atoms with Crippen molar-refractivity contribution in [3.05, 3.63) is 12.4 Å². The quantitative estimate of drug-likeness (QED) is 0.175. The molecule has 9 N–H and O–H groups in total. The van der Waals surface area contributed by atoms with Gasteiger partial charge in [-0.15, -0.1) is 0 Å². The fraction of sp³-hybridized carbons (Fsp3) is 0.600. The van der Waals surface area contributed by atoms with Gasteiger partial charge in [0.15, 0.2) is 0 Å². The van der Waals surface area contributed by atoms with Gasteiger partial charge in [-0.05, 0) is 19.8 Å². The van der Waals surface area contributed by atoms with E-state index in [4.69, 9.17) is 11.5 Å². The Hall–Kier alpha value is -2.82. The summed E-state index contributed by atoms with van der Waals surface area (Å²) in [5.74, 6) is -2.31. The Labute approximate surface area is 151 Å². The maximum Gasteiger partial charge on any atom is 0.245 e. The Kier molecular flexibility index (Phi) is 10.4. The summed E-state index contributed by atoms with van der Waals surface area (Å²) in [6.45, 7) is 5.86. The second-order valence-corrected chi connectivity index (χ2v) is 5.72. The third-order valence-electron chi connectivity index (χ3n) is 3.32. The van der Waals surface area contributed by atoms with Crippen LogP contribution in [0.3, 0.4) is 0 Å². The number of hydrogen-bond acceptors (Lipinski definition) is 7. The van der Waals surface area contributed by atoms with E-state index in [2.05, 4.69) is 27.8 Å². The molecule has 0 aliphatic carbocycles. The molecule has 0 aromatic carbocycles. The molecule has 0 saturated carbocycles. The van der Waals surface area contributed by atoms with E-state index in [0.717, 1.165) is 0 Å². The maximum atomic E-state index is 12.3. The van der Waals surface area contributed by atoms with Gasteiger partial charge in [0.1, 0.15) is 18.1 Å². The van der Waals surface area contributed by atoms with Crippen LogP contribution in [0.4, 0.5) is 0 Å². The lowest BCUT2D eigenvalue weighted by molar-refractivity contribution is -0.133. The van der Waals surface area contributed by atoms with E-state index < -0.39 is 48.4 Å². The second-order valence-electron chi connectivity index (χ2n) is 5.72. The topological polar surface area (TPSA) is 189 Å². The van der Waals surface area contributed by atoms with Crippen LogP contribution in [0.25, 0.3) is 0 Å². The van der Waals surface area contributed by atoms with Crippen LogP contribution in [0.15, 0.2) is 12.4 Å². The molecule has 0 bridgehead atoms. The highest BCUT2D eigenvalue weighted by Gasteiger charge is 2.27. The average molecular weight is 372 g/mol. The van der Waals surface area contributed by atoms with Crippen molar-refractivity contribution in [2.45, 2.75) is 44.8 Å². The maximum absolute atomic E-state index is 12.3. The molecule has 0 saturated heterocycles. The molecule has 0 aromatic heterocycles. The summed E-state index contributed by atoms with van der Waals surface area (Å²) >= 11 is 0. The first-order valence-corrected chi connectivity index (χ1v) is 8.04. The Morgan fingerprint density at radius 2 is 1.62 bits per heavy atom. The van der Waals surface area contributed by atoms with E-state index in [-0.39, 0.29) is 12.2 Å². The van der Waals surface area contributed by atoms with Crippen molar-refractivity contribution in [2.75, 3.05) is 13.2 Å². The van der Waals surface area contributed by atoms with E-state index in [1.54, 1.807) is 0 Å². The number of aliphatic hydroxyl groups excluding tert-OH is 1. The van der Waals surface area contributed by atoms with Crippen LogP contribution in [-0.4, -0.2) is 60.0 Å². The van der Waals surface area contributed by atoms with Gasteiger partial charge in [-0.1, -0.05) is 6.58 Å². The first-order chi connectivity index (χ1) is 12.1. The first-order valence-electron chi connectivity index (χ1n) is 8.04. The number of amides is 4. The molecular formula is C15H28N6O5. The predicted molar refractivity (Wildman–Crippen MR) is 94.0 cm³/mol.